The Bertz CT molecular complexity index is 627. The molecule has 0 spiro atoms. The van der Waals surface area contributed by atoms with Gasteiger partial charge in [-0.2, -0.15) is 0 Å². The third-order valence-corrected chi connectivity index (χ3v) is 5.69. The van der Waals surface area contributed by atoms with Gasteiger partial charge in [0.2, 0.25) is 0 Å². The van der Waals surface area contributed by atoms with E-state index in [1.165, 1.54) is 68.1 Å². The van der Waals surface area contributed by atoms with E-state index in [1.807, 2.05) is 0 Å². The Balaban J connectivity index is 1.48. The minimum Gasteiger partial charge on any atom is -0.0808 e. The zero-order valence-electron chi connectivity index (χ0n) is 15.7. The predicted octanol–water partition coefficient (Wildman–Crippen LogP) is 7.75. The summed E-state index contributed by atoms with van der Waals surface area (Å²) >= 11 is 0. The van der Waals surface area contributed by atoms with Gasteiger partial charge < -0.3 is 0 Å². The van der Waals surface area contributed by atoms with Crippen LogP contribution in [0.1, 0.15) is 63.9 Å². The summed E-state index contributed by atoms with van der Waals surface area (Å²) in [4.78, 5) is 0. The van der Waals surface area contributed by atoms with E-state index in [0.717, 1.165) is 11.8 Å². The molecule has 0 amide bonds. The lowest BCUT2D eigenvalue weighted by molar-refractivity contribution is 0.290. The Hall–Kier alpha value is -1.82. The van der Waals surface area contributed by atoms with E-state index in [2.05, 4.69) is 73.7 Å². The van der Waals surface area contributed by atoms with Crippen molar-refractivity contribution in [3.05, 3.63) is 66.2 Å². The first-order valence-electron chi connectivity index (χ1n) is 10.2. The number of unbranched alkanes of at least 4 members (excludes halogenated alkanes) is 2. The molecule has 0 radical (unpaired) electrons. The van der Waals surface area contributed by atoms with Gasteiger partial charge in [-0.25, -0.2) is 0 Å². The molecule has 0 aliphatic heterocycles. The van der Waals surface area contributed by atoms with Crippen LogP contribution < -0.4 is 0 Å². The normalized spacial score (nSPS) is 20.8. The van der Waals surface area contributed by atoms with E-state index in [-0.39, 0.29) is 0 Å². The van der Waals surface area contributed by atoms with Crippen LogP contribution in [0.3, 0.4) is 0 Å². The summed E-state index contributed by atoms with van der Waals surface area (Å²) in [6.45, 7) is 2.30. The first-order chi connectivity index (χ1) is 12.3. The number of benzene rings is 2. The molecule has 2 aromatic carbocycles. The molecule has 0 heterocycles. The fourth-order valence-electron chi connectivity index (χ4n) is 4.02. The summed E-state index contributed by atoms with van der Waals surface area (Å²) in [6.07, 6.45) is 16.1. The molecule has 1 saturated carbocycles. The molecule has 0 N–H and O–H groups in total. The Kier molecular flexibility index (Phi) is 6.91. The van der Waals surface area contributed by atoms with Gasteiger partial charge in [-0.05, 0) is 54.2 Å². The fraction of sp³-hybridized carbons (Fsp3) is 0.440. The monoisotopic (exact) mass is 332 g/mol. The van der Waals surface area contributed by atoms with Crippen molar-refractivity contribution < 1.29 is 0 Å². The third-order valence-electron chi connectivity index (χ3n) is 5.69. The van der Waals surface area contributed by atoms with E-state index >= 15 is 0 Å². The van der Waals surface area contributed by atoms with Gasteiger partial charge in [0.1, 0.15) is 0 Å². The van der Waals surface area contributed by atoms with Gasteiger partial charge in [-0.15, -0.1) is 0 Å². The summed E-state index contributed by atoms with van der Waals surface area (Å²) in [5.74, 6) is 1.79. The topological polar surface area (TPSA) is 0 Å². The van der Waals surface area contributed by atoms with Crippen LogP contribution in [0.5, 0.6) is 0 Å². The number of hydrogen-bond donors (Lipinski definition) is 0. The maximum atomic E-state index is 2.46. The SMILES string of the molecule is CCCCCC1CCC(C=Cc2ccc(-c3ccccc3)cc2)CC1. The van der Waals surface area contributed by atoms with Gasteiger partial charge in [-0.3, -0.25) is 0 Å². The molecule has 25 heavy (non-hydrogen) atoms. The van der Waals surface area contributed by atoms with Crippen LogP contribution in [-0.2, 0) is 0 Å². The van der Waals surface area contributed by atoms with Gasteiger partial charge in [0.25, 0.3) is 0 Å². The molecular formula is C25H32. The van der Waals surface area contributed by atoms with Crippen LogP contribution in [-0.4, -0.2) is 0 Å². The van der Waals surface area contributed by atoms with E-state index in [9.17, 15) is 0 Å². The molecule has 0 atom stereocenters. The second-order valence-electron chi connectivity index (χ2n) is 7.62. The molecule has 1 aliphatic rings. The molecular weight excluding hydrogens is 300 g/mol. The van der Waals surface area contributed by atoms with Crippen LogP contribution in [0.25, 0.3) is 17.2 Å². The van der Waals surface area contributed by atoms with E-state index < -0.39 is 0 Å². The molecule has 0 unspecified atom stereocenters. The molecule has 3 rings (SSSR count). The molecule has 0 heteroatoms. The first kappa shape index (κ1) is 18.0. The Morgan fingerprint density at radius 2 is 1.48 bits per heavy atom. The van der Waals surface area contributed by atoms with Crippen LogP contribution in [0, 0.1) is 11.8 Å². The highest BCUT2D eigenvalue weighted by atomic mass is 14.2. The summed E-state index contributed by atoms with van der Waals surface area (Å²) in [5.41, 5.74) is 3.91. The molecule has 0 aromatic heterocycles. The molecule has 2 aromatic rings. The van der Waals surface area contributed by atoms with Crippen LogP contribution in [0.4, 0.5) is 0 Å². The summed E-state index contributed by atoms with van der Waals surface area (Å²) in [7, 11) is 0. The second kappa shape index (κ2) is 9.61. The second-order valence-corrected chi connectivity index (χ2v) is 7.62. The van der Waals surface area contributed by atoms with Crippen LogP contribution in [0.2, 0.25) is 0 Å². The number of rotatable bonds is 7. The lowest BCUT2D eigenvalue weighted by atomic mass is 9.79. The zero-order chi connectivity index (χ0) is 17.3. The first-order valence-corrected chi connectivity index (χ1v) is 10.2. The largest absolute Gasteiger partial charge is 0.0808 e. The quantitative estimate of drug-likeness (QED) is 0.454. The van der Waals surface area contributed by atoms with Crippen LogP contribution in [0.15, 0.2) is 60.7 Å². The maximum Gasteiger partial charge on any atom is -0.0184 e. The Morgan fingerprint density at radius 1 is 0.800 bits per heavy atom. The standard InChI is InChI=1S/C25H32/c1-2-3-5-8-21-11-13-22(14-12-21)15-16-23-17-19-25(20-18-23)24-9-6-4-7-10-24/h4,6-7,9-10,15-22H,2-3,5,8,11-14H2,1H3. The minimum atomic E-state index is 0.788. The smallest absolute Gasteiger partial charge is 0.0184 e. The van der Waals surface area contributed by atoms with Crippen molar-refractivity contribution in [2.45, 2.75) is 58.3 Å². The summed E-state index contributed by atoms with van der Waals surface area (Å²) in [5, 5.41) is 0. The van der Waals surface area contributed by atoms with E-state index in [1.54, 1.807) is 0 Å². The van der Waals surface area contributed by atoms with E-state index in [0.29, 0.717) is 0 Å². The van der Waals surface area contributed by atoms with Crippen molar-refractivity contribution in [1.29, 1.82) is 0 Å². The van der Waals surface area contributed by atoms with Crippen molar-refractivity contribution in [3.63, 3.8) is 0 Å². The highest BCUT2D eigenvalue weighted by Gasteiger charge is 2.18. The van der Waals surface area contributed by atoms with Crippen molar-refractivity contribution >= 4 is 6.08 Å². The van der Waals surface area contributed by atoms with Crippen molar-refractivity contribution in [2.24, 2.45) is 11.8 Å². The lowest BCUT2D eigenvalue weighted by Crippen LogP contribution is -2.12. The zero-order valence-corrected chi connectivity index (χ0v) is 15.7. The van der Waals surface area contributed by atoms with Gasteiger partial charge in [-0.1, -0.05) is 99.4 Å². The highest BCUT2D eigenvalue weighted by Crippen LogP contribution is 2.33. The van der Waals surface area contributed by atoms with Gasteiger partial charge in [0.05, 0.1) is 0 Å². The van der Waals surface area contributed by atoms with Crippen molar-refractivity contribution in [1.82, 2.24) is 0 Å². The molecule has 0 bridgehead atoms. The predicted molar refractivity (Wildman–Crippen MR) is 111 cm³/mol. The molecule has 0 nitrogen and oxygen atoms in total. The fourth-order valence-corrected chi connectivity index (χ4v) is 4.02. The Labute approximate surface area is 154 Å². The van der Waals surface area contributed by atoms with Crippen molar-refractivity contribution in [2.75, 3.05) is 0 Å². The lowest BCUT2D eigenvalue weighted by Gasteiger charge is -2.26. The van der Waals surface area contributed by atoms with Crippen LogP contribution >= 0.6 is 0 Å². The average Bonchev–Trinajstić information content (AvgIpc) is 2.69. The Morgan fingerprint density at radius 3 is 2.16 bits per heavy atom. The van der Waals surface area contributed by atoms with Gasteiger partial charge >= 0.3 is 0 Å². The molecule has 132 valence electrons. The molecule has 1 fully saturated rings. The number of allylic oxidation sites excluding steroid dienone is 1. The highest BCUT2D eigenvalue weighted by molar-refractivity contribution is 5.65. The summed E-state index contributed by atoms with van der Waals surface area (Å²) < 4.78 is 0. The molecule has 1 aliphatic carbocycles. The maximum absolute atomic E-state index is 2.46. The summed E-state index contributed by atoms with van der Waals surface area (Å²) in [6, 6.07) is 19.6. The third kappa shape index (κ3) is 5.59. The van der Waals surface area contributed by atoms with Gasteiger partial charge in [0, 0.05) is 0 Å². The average molecular weight is 333 g/mol. The minimum absolute atomic E-state index is 0.788. The van der Waals surface area contributed by atoms with Crippen molar-refractivity contribution in [3.8, 4) is 11.1 Å². The van der Waals surface area contributed by atoms with E-state index in [4.69, 9.17) is 0 Å². The molecule has 0 saturated heterocycles. The number of hydrogen-bond acceptors (Lipinski definition) is 0. The van der Waals surface area contributed by atoms with Gasteiger partial charge in [0.15, 0.2) is 0 Å².